The number of carbonyl (C=O) groups is 1. The number of pyridine rings is 1. The lowest BCUT2D eigenvalue weighted by Gasteiger charge is -2.40. The largest absolute Gasteiger partial charge is 0.480 e. The third kappa shape index (κ3) is 4.48. The van der Waals surface area contributed by atoms with Gasteiger partial charge in [-0.15, -0.1) is 0 Å². The average Bonchev–Trinajstić information content (AvgIpc) is 3.43. The van der Waals surface area contributed by atoms with Crippen molar-refractivity contribution >= 4 is 11.7 Å². The van der Waals surface area contributed by atoms with Gasteiger partial charge < -0.3 is 14.7 Å². The molecule has 0 aromatic carbocycles. The van der Waals surface area contributed by atoms with Gasteiger partial charge in [0.2, 0.25) is 5.88 Å². The fourth-order valence-electron chi connectivity index (χ4n) is 3.22. The Bertz CT molecular complexity index is 683. The van der Waals surface area contributed by atoms with Crippen LogP contribution in [0.15, 0.2) is 12.1 Å². The highest BCUT2D eigenvalue weighted by atomic mass is 19.3. The molecule has 3 rings (SSSR count). The molecule has 6 nitrogen and oxygen atoms in total. The molecule has 1 saturated heterocycles. The van der Waals surface area contributed by atoms with Crippen molar-refractivity contribution in [3.63, 3.8) is 0 Å². The van der Waals surface area contributed by atoms with Crippen molar-refractivity contribution in [3.05, 3.63) is 17.8 Å². The van der Waals surface area contributed by atoms with Crippen LogP contribution in [-0.4, -0.2) is 47.2 Å². The van der Waals surface area contributed by atoms with Crippen molar-refractivity contribution in [2.24, 2.45) is 5.92 Å². The molecule has 0 radical (unpaired) electrons. The molecule has 1 aromatic rings. The standard InChI is InChI=1S/C19H27F2N3O3/c1-3-18(4-2,17(25)26)22-9-14-7-8-15(24-11-19(20,21)12-24)16(23-14)27-10-13-5-6-13/h7-8,13,22H,3-6,9-12H2,1-2H3,(H,25,26). The highest BCUT2D eigenvalue weighted by Crippen LogP contribution is 2.38. The SMILES string of the molecule is CCC(CC)(NCc1ccc(N2CC(F)(F)C2)c(OCC2CC2)n1)C(=O)O. The Morgan fingerprint density at radius 1 is 1.37 bits per heavy atom. The van der Waals surface area contributed by atoms with Crippen LogP contribution in [0.3, 0.4) is 0 Å². The van der Waals surface area contributed by atoms with Crippen LogP contribution in [0.5, 0.6) is 5.88 Å². The molecule has 2 aliphatic rings. The van der Waals surface area contributed by atoms with E-state index in [4.69, 9.17) is 4.74 Å². The molecular formula is C19H27F2N3O3. The lowest BCUT2D eigenvalue weighted by molar-refractivity contribution is -0.145. The third-order valence-electron chi connectivity index (χ3n) is 5.46. The molecule has 0 unspecified atom stereocenters. The van der Waals surface area contributed by atoms with Gasteiger partial charge in [-0.2, -0.15) is 0 Å². The normalized spacial score (nSPS) is 18.9. The van der Waals surface area contributed by atoms with E-state index >= 15 is 0 Å². The van der Waals surface area contributed by atoms with Crippen molar-refractivity contribution in [2.45, 2.75) is 57.5 Å². The van der Waals surface area contributed by atoms with E-state index in [0.29, 0.717) is 42.6 Å². The summed E-state index contributed by atoms with van der Waals surface area (Å²) in [6.07, 6.45) is 3.13. The molecule has 1 aliphatic carbocycles. The number of nitrogens with zero attached hydrogens (tertiary/aromatic N) is 2. The highest BCUT2D eigenvalue weighted by molar-refractivity contribution is 5.78. The summed E-state index contributed by atoms with van der Waals surface area (Å²) >= 11 is 0. The molecule has 0 amide bonds. The van der Waals surface area contributed by atoms with Gasteiger partial charge in [0.15, 0.2) is 0 Å². The summed E-state index contributed by atoms with van der Waals surface area (Å²) in [5, 5.41) is 12.6. The first kappa shape index (κ1) is 19.8. The summed E-state index contributed by atoms with van der Waals surface area (Å²) in [6, 6.07) is 3.47. The lowest BCUT2D eigenvalue weighted by atomic mass is 9.93. The number of carboxylic acids is 1. The van der Waals surface area contributed by atoms with Gasteiger partial charge in [-0.25, -0.2) is 13.8 Å². The third-order valence-corrected chi connectivity index (χ3v) is 5.46. The zero-order valence-electron chi connectivity index (χ0n) is 15.8. The molecule has 150 valence electrons. The lowest BCUT2D eigenvalue weighted by Crippen LogP contribution is -2.56. The number of aliphatic carboxylic acids is 1. The van der Waals surface area contributed by atoms with Gasteiger partial charge in [0.05, 0.1) is 25.4 Å². The van der Waals surface area contributed by atoms with E-state index < -0.39 is 17.4 Å². The first-order chi connectivity index (χ1) is 12.8. The number of hydrogen-bond acceptors (Lipinski definition) is 5. The van der Waals surface area contributed by atoms with Gasteiger partial charge >= 0.3 is 5.97 Å². The van der Waals surface area contributed by atoms with Crippen molar-refractivity contribution in [2.75, 3.05) is 24.6 Å². The quantitative estimate of drug-likeness (QED) is 0.647. The first-order valence-electron chi connectivity index (χ1n) is 9.52. The number of aromatic nitrogens is 1. The summed E-state index contributed by atoms with van der Waals surface area (Å²) in [7, 11) is 0. The zero-order chi connectivity index (χ0) is 19.7. The maximum atomic E-state index is 13.2. The average molecular weight is 383 g/mol. The Balaban J connectivity index is 1.73. The van der Waals surface area contributed by atoms with Crippen molar-refractivity contribution in [1.82, 2.24) is 10.3 Å². The minimum absolute atomic E-state index is 0.268. The number of carboxylic acid groups (broad SMARTS) is 1. The summed E-state index contributed by atoms with van der Waals surface area (Å²) in [6.45, 7) is 3.79. The van der Waals surface area contributed by atoms with E-state index in [1.807, 2.05) is 13.8 Å². The number of anilines is 1. The predicted octanol–water partition coefficient (Wildman–Crippen LogP) is 3.06. The second kappa shape index (κ2) is 7.58. The van der Waals surface area contributed by atoms with Gasteiger partial charge in [-0.05, 0) is 43.7 Å². The van der Waals surface area contributed by atoms with Gasteiger partial charge in [0.1, 0.15) is 11.2 Å². The molecule has 2 heterocycles. The molecule has 0 atom stereocenters. The second-order valence-electron chi connectivity index (χ2n) is 7.54. The number of hydrogen-bond donors (Lipinski definition) is 2. The summed E-state index contributed by atoms with van der Waals surface area (Å²) in [4.78, 5) is 17.7. The van der Waals surface area contributed by atoms with E-state index in [1.54, 1.807) is 17.0 Å². The van der Waals surface area contributed by atoms with E-state index in [1.165, 1.54) is 0 Å². The molecule has 1 aliphatic heterocycles. The number of rotatable bonds is 10. The molecule has 1 saturated carbocycles. The Morgan fingerprint density at radius 3 is 2.56 bits per heavy atom. The van der Waals surface area contributed by atoms with Gasteiger partial charge in [0.25, 0.3) is 5.92 Å². The summed E-state index contributed by atoms with van der Waals surface area (Å²) in [5.74, 6) is -2.70. The summed E-state index contributed by atoms with van der Waals surface area (Å²) in [5.41, 5.74) is 0.194. The molecule has 0 bridgehead atoms. The van der Waals surface area contributed by atoms with Crippen LogP contribution < -0.4 is 15.0 Å². The van der Waals surface area contributed by atoms with E-state index in [-0.39, 0.29) is 19.6 Å². The second-order valence-corrected chi connectivity index (χ2v) is 7.54. The topological polar surface area (TPSA) is 74.7 Å². The molecule has 8 heteroatoms. The van der Waals surface area contributed by atoms with Crippen LogP contribution in [0, 0.1) is 5.92 Å². The van der Waals surface area contributed by atoms with Crippen LogP contribution in [0.4, 0.5) is 14.5 Å². The summed E-state index contributed by atoms with van der Waals surface area (Å²) < 4.78 is 32.3. The molecular weight excluding hydrogens is 356 g/mol. The van der Waals surface area contributed by atoms with Gasteiger partial charge in [-0.3, -0.25) is 10.1 Å². The Kier molecular flexibility index (Phi) is 5.55. The molecule has 0 spiro atoms. The van der Waals surface area contributed by atoms with Crippen LogP contribution in [0.2, 0.25) is 0 Å². The Hall–Kier alpha value is -1.96. The monoisotopic (exact) mass is 383 g/mol. The number of halogens is 2. The maximum Gasteiger partial charge on any atom is 0.323 e. The van der Waals surface area contributed by atoms with Crippen LogP contribution in [0.1, 0.15) is 45.2 Å². The minimum Gasteiger partial charge on any atom is -0.480 e. The Labute approximate surface area is 157 Å². The fraction of sp³-hybridized carbons (Fsp3) is 0.684. The van der Waals surface area contributed by atoms with E-state index in [2.05, 4.69) is 10.3 Å². The van der Waals surface area contributed by atoms with Crippen LogP contribution in [0.25, 0.3) is 0 Å². The van der Waals surface area contributed by atoms with E-state index in [0.717, 1.165) is 12.8 Å². The van der Waals surface area contributed by atoms with Crippen LogP contribution in [-0.2, 0) is 11.3 Å². The van der Waals surface area contributed by atoms with Gasteiger partial charge in [0, 0.05) is 6.54 Å². The van der Waals surface area contributed by atoms with E-state index in [9.17, 15) is 18.7 Å². The molecule has 2 N–H and O–H groups in total. The van der Waals surface area contributed by atoms with Crippen molar-refractivity contribution in [1.29, 1.82) is 0 Å². The van der Waals surface area contributed by atoms with Crippen molar-refractivity contribution < 1.29 is 23.4 Å². The number of alkyl halides is 2. The Morgan fingerprint density at radius 2 is 2.04 bits per heavy atom. The van der Waals surface area contributed by atoms with Gasteiger partial charge in [-0.1, -0.05) is 13.8 Å². The molecule has 1 aromatic heterocycles. The fourth-order valence-corrected chi connectivity index (χ4v) is 3.22. The number of ether oxygens (including phenoxy) is 1. The smallest absolute Gasteiger partial charge is 0.323 e. The minimum atomic E-state index is -2.67. The maximum absolute atomic E-state index is 13.2. The zero-order valence-corrected chi connectivity index (χ0v) is 15.8. The molecule has 2 fully saturated rings. The first-order valence-corrected chi connectivity index (χ1v) is 9.52. The highest BCUT2D eigenvalue weighted by Gasteiger charge is 2.45. The number of nitrogens with one attached hydrogen (secondary N) is 1. The van der Waals surface area contributed by atoms with Crippen molar-refractivity contribution in [3.8, 4) is 5.88 Å². The predicted molar refractivity (Wildman–Crippen MR) is 97.4 cm³/mol. The van der Waals surface area contributed by atoms with Crippen LogP contribution >= 0.6 is 0 Å². The molecule has 27 heavy (non-hydrogen) atoms.